The van der Waals surface area contributed by atoms with Gasteiger partial charge in [0.2, 0.25) is 10.0 Å². The smallest absolute Gasteiger partial charge is 0.258 e. The molecule has 0 saturated carbocycles. The number of aryl methyl sites for hydroxylation is 1. The van der Waals surface area contributed by atoms with Gasteiger partial charge in [-0.05, 0) is 79.3 Å². The second kappa shape index (κ2) is 7.87. The molecule has 2 aromatic carbocycles. The standard InChI is InChI=1S/C25H25ClN2O3S/c1-16-4-3-5-22(17(16)2)23-10-11-24-19-12-18(14-28(24)25(23)29)13-27(15-19)32(30,31)21-8-6-20(26)7-9-21/h3-11,18-19H,12-15H2,1-2H3/t18-,19+/m0/s1. The predicted octanol–water partition coefficient (Wildman–Crippen LogP) is 4.59. The Morgan fingerprint density at radius 3 is 2.41 bits per heavy atom. The largest absolute Gasteiger partial charge is 0.311 e. The highest BCUT2D eigenvalue weighted by Gasteiger charge is 2.39. The van der Waals surface area contributed by atoms with Crippen molar-refractivity contribution in [2.24, 2.45) is 5.92 Å². The Morgan fingerprint density at radius 1 is 0.906 bits per heavy atom. The monoisotopic (exact) mass is 468 g/mol. The molecular formula is C25H25ClN2O3S. The van der Waals surface area contributed by atoms with Gasteiger partial charge in [-0.3, -0.25) is 4.79 Å². The molecule has 2 aliphatic heterocycles. The number of hydrogen-bond donors (Lipinski definition) is 0. The van der Waals surface area contributed by atoms with E-state index in [1.807, 2.05) is 35.8 Å². The van der Waals surface area contributed by atoms with Crippen LogP contribution in [-0.4, -0.2) is 30.4 Å². The first-order chi connectivity index (χ1) is 15.3. The second-order valence-corrected chi connectivity index (χ2v) is 11.3. The van der Waals surface area contributed by atoms with Crippen LogP contribution >= 0.6 is 11.6 Å². The molecule has 0 unspecified atom stereocenters. The number of fused-ring (bicyclic) bond motifs is 4. The van der Waals surface area contributed by atoms with Crippen molar-refractivity contribution in [1.29, 1.82) is 0 Å². The predicted molar refractivity (Wildman–Crippen MR) is 127 cm³/mol. The van der Waals surface area contributed by atoms with Gasteiger partial charge in [-0.15, -0.1) is 0 Å². The van der Waals surface area contributed by atoms with Crippen molar-refractivity contribution in [1.82, 2.24) is 8.87 Å². The Labute approximate surface area is 193 Å². The summed E-state index contributed by atoms with van der Waals surface area (Å²) in [5, 5.41) is 0.507. The van der Waals surface area contributed by atoms with Gasteiger partial charge in [0.25, 0.3) is 5.56 Å². The Hall–Kier alpha value is -2.41. The van der Waals surface area contributed by atoms with Crippen LogP contribution in [0.1, 0.15) is 29.2 Å². The Morgan fingerprint density at radius 2 is 1.66 bits per heavy atom. The number of hydrogen-bond acceptors (Lipinski definition) is 3. The first-order valence-electron chi connectivity index (χ1n) is 10.8. The molecule has 1 aromatic heterocycles. The number of pyridine rings is 1. The summed E-state index contributed by atoms with van der Waals surface area (Å²) in [4.78, 5) is 13.7. The van der Waals surface area contributed by atoms with Crippen LogP contribution in [0.15, 0.2) is 64.3 Å². The van der Waals surface area contributed by atoms with Crippen LogP contribution in [-0.2, 0) is 16.6 Å². The van der Waals surface area contributed by atoms with E-state index in [1.54, 1.807) is 28.6 Å². The molecule has 2 aliphatic rings. The van der Waals surface area contributed by atoms with Crippen molar-refractivity contribution in [3.05, 3.63) is 86.8 Å². The molecule has 1 fully saturated rings. The zero-order chi connectivity index (χ0) is 22.6. The van der Waals surface area contributed by atoms with E-state index in [0.29, 0.717) is 30.2 Å². The SMILES string of the molecule is Cc1cccc(-c2ccc3n(c2=O)C[C@H]2C[C@@H]3CN(S(=O)(=O)c3ccc(Cl)cc3)C2)c1C. The van der Waals surface area contributed by atoms with Gasteiger partial charge in [-0.25, -0.2) is 8.42 Å². The van der Waals surface area contributed by atoms with Crippen LogP contribution in [0.4, 0.5) is 0 Å². The number of nitrogens with zero attached hydrogens (tertiary/aromatic N) is 2. The minimum absolute atomic E-state index is 0.00457. The summed E-state index contributed by atoms with van der Waals surface area (Å²) in [6, 6.07) is 16.3. The Kier molecular flexibility index (Phi) is 5.27. The van der Waals surface area contributed by atoms with E-state index in [-0.39, 0.29) is 22.3 Å². The van der Waals surface area contributed by atoms with Gasteiger partial charge in [-0.2, -0.15) is 4.31 Å². The van der Waals surface area contributed by atoms with Crippen molar-refractivity contribution in [2.75, 3.05) is 13.1 Å². The summed E-state index contributed by atoms with van der Waals surface area (Å²) >= 11 is 5.93. The molecule has 7 heteroatoms. The minimum atomic E-state index is -3.61. The molecule has 3 heterocycles. The number of sulfonamides is 1. The lowest BCUT2D eigenvalue weighted by atomic mass is 9.83. The van der Waals surface area contributed by atoms with Crippen molar-refractivity contribution < 1.29 is 8.42 Å². The molecule has 0 spiro atoms. The number of piperidine rings is 1. The molecule has 0 amide bonds. The third-order valence-electron chi connectivity index (χ3n) is 6.92. The highest BCUT2D eigenvalue weighted by molar-refractivity contribution is 7.89. The Bertz CT molecular complexity index is 1360. The molecule has 0 radical (unpaired) electrons. The van der Waals surface area contributed by atoms with Crippen LogP contribution in [0.2, 0.25) is 5.02 Å². The molecule has 5 nitrogen and oxygen atoms in total. The lowest BCUT2D eigenvalue weighted by Crippen LogP contribution is -2.49. The maximum atomic E-state index is 13.5. The molecule has 3 aromatic rings. The van der Waals surface area contributed by atoms with E-state index in [2.05, 4.69) is 13.0 Å². The van der Waals surface area contributed by atoms with E-state index in [4.69, 9.17) is 11.6 Å². The van der Waals surface area contributed by atoms with Crippen molar-refractivity contribution in [3.8, 4) is 11.1 Å². The average molecular weight is 469 g/mol. The highest BCUT2D eigenvalue weighted by atomic mass is 35.5. The maximum Gasteiger partial charge on any atom is 0.258 e. The highest BCUT2D eigenvalue weighted by Crippen LogP contribution is 2.38. The van der Waals surface area contributed by atoms with Crippen LogP contribution < -0.4 is 5.56 Å². The topological polar surface area (TPSA) is 59.4 Å². The minimum Gasteiger partial charge on any atom is -0.311 e. The van der Waals surface area contributed by atoms with Gasteiger partial charge in [0.05, 0.1) is 4.90 Å². The summed E-state index contributed by atoms with van der Waals surface area (Å²) in [7, 11) is -3.61. The lowest BCUT2D eigenvalue weighted by molar-refractivity contribution is 0.186. The fraction of sp³-hybridized carbons (Fsp3) is 0.320. The molecule has 1 saturated heterocycles. The fourth-order valence-electron chi connectivity index (χ4n) is 5.10. The summed E-state index contributed by atoms with van der Waals surface area (Å²) in [6.07, 6.45) is 0.898. The van der Waals surface area contributed by atoms with Crippen molar-refractivity contribution >= 4 is 21.6 Å². The first-order valence-corrected chi connectivity index (χ1v) is 12.6. The molecule has 32 heavy (non-hydrogen) atoms. The number of rotatable bonds is 3. The van der Waals surface area contributed by atoms with E-state index >= 15 is 0 Å². The van der Waals surface area contributed by atoms with Gasteiger partial charge in [0.15, 0.2) is 0 Å². The van der Waals surface area contributed by atoms with E-state index < -0.39 is 10.0 Å². The zero-order valence-electron chi connectivity index (χ0n) is 18.1. The summed E-state index contributed by atoms with van der Waals surface area (Å²) in [5.74, 6) is 0.111. The summed E-state index contributed by atoms with van der Waals surface area (Å²) < 4.78 is 29.9. The molecular weight excluding hydrogens is 444 g/mol. The zero-order valence-corrected chi connectivity index (χ0v) is 19.7. The third-order valence-corrected chi connectivity index (χ3v) is 9.01. The van der Waals surface area contributed by atoms with Gasteiger partial charge in [0.1, 0.15) is 0 Å². The normalized spacial score (nSPS) is 20.7. The molecule has 166 valence electrons. The third kappa shape index (κ3) is 3.51. The average Bonchev–Trinajstić information content (AvgIpc) is 2.77. The second-order valence-electron chi connectivity index (χ2n) is 8.91. The van der Waals surface area contributed by atoms with Gasteiger partial charge >= 0.3 is 0 Å². The van der Waals surface area contributed by atoms with Gasteiger partial charge in [-0.1, -0.05) is 29.8 Å². The van der Waals surface area contributed by atoms with Gasteiger partial charge < -0.3 is 4.57 Å². The number of benzene rings is 2. The lowest BCUT2D eigenvalue weighted by Gasteiger charge is -2.42. The van der Waals surface area contributed by atoms with E-state index in [1.165, 1.54) is 0 Å². The van der Waals surface area contributed by atoms with E-state index in [9.17, 15) is 13.2 Å². The van der Waals surface area contributed by atoms with Crippen LogP contribution in [0.25, 0.3) is 11.1 Å². The van der Waals surface area contributed by atoms with Gasteiger partial charge in [0, 0.05) is 41.8 Å². The molecule has 5 rings (SSSR count). The summed E-state index contributed by atoms with van der Waals surface area (Å²) in [6.45, 7) is 5.43. The first kappa shape index (κ1) is 21.4. The van der Waals surface area contributed by atoms with Crippen LogP contribution in [0, 0.1) is 19.8 Å². The number of aromatic nitrogens is 1. The Balaban J connectivity index is 1.51. The molecule has 2 atom stereocenters. The van der Waals surface area contributed by atoms with Crippen LogP contribution in [0.5, 0.6) is 0 Å². The maximum absolute atomic E-state index is 13.5. The number of halogens is 1. The fourth-order valence-corrected chi connectivity index (χ4v) is 6.79. The van der Waals surface area contributed by atoms with Crippen molar-refractivity contribution in [3.63, 3.8) is 0 Å². The summed E-state index contributed by atoms with van der Waals surface area (Å²) in [5.41, 5.74) is 4.88. The van der Waals surface area contributed by atoms with E-state index in [0.717, 1.165) is 28.8 Å². The van der Waals surface area contributed by atoms with Crippen molar-refractivity contribution in [2.45, 2.75) is 37.6 Å². The quantitative estimate of drug-likeness (QED) is 0.564. The van der Waals surface area contributed by atoms with Crippen LogP contribution in [0.3, 0.4) is 0 Å². The molecule has 2 bridgehead atoms. The molecule has 0 aliphatic carbocycles. The molecule has 0 N–H and O–H groups in total.